The molecule has 0 saturated heterocycles. The van der Waals surface area contributed by atoms with Gasteiger partial charge in [0.25, 0.3) is 0 Å². The molecule has 0 atom stereocenters. The van der Waals surface area contributed by atoms with Gasteiger partial charge < -0.3 is 9.15 Å². The van der Waals surface area contributed by atoms with Crippen LogP contribution in [0.3, 0.4) is 0 Å². The topological polar surface area (TPSA) is 83.0 Å². The van der Waals surface area contributed by atoms with E-state index in [9.17, 15) is 4.79 Å². The molecule has 0 aliphatic heterocycles. The van der Waals surface area contributed by atoms with E-state index in [0.717, 1.165) is 5.56 Å². The van der Waals surface area contributed by atoms with Crippen molar-refractivity contribution in [1.82, 2.24) is 19.5 Å². The lowest BCUT2D eigenvalue weighted by Crippen LogP contribution is -2.08. The van der Waals surface area contributed by atoms with Crippen molar-refractivity contribution in [2.45, 2.75) is 13.3 Å². The maximum Gasteiger partial charge on any atom is 0.347 e. The number of ether oxygens (including phenoxy) is 1. The summed E-state index contributed by atoms with van der Waals surface area (Å²) in [6.07, 6.45) is 7.39. The van der Waals surface area contributed by atoms with Gasteiger partial charge in [-0.15, -0.1) is 0 Å². The third kappa shape index (κ3) is 2.63. The van der Waals surface area contributed by atoms with E-state index in [1.807, 2.05) is 13.0 Å². The molecule has 26 heavy (non-hydrogen) atoms. The minimum absolute atomic E-state index is 0.203. The summed E-state index contributed by atoms with van der Waals surface area (Å²) in [5.41, 5.74) is 1.55. The van der Waals surface area contributed by atoms with E-state index in [-0.39, 0.29) is 5.89 Å². The lowest BCUT2D eigenvalue weighted by molar-refractivity contribution is 0.414. The summed E-state index contributed by atoms with van der Waals surface area (Å²) in [4.78, 5) is 25.6. The maximum atomic E-state index is 12.7. The normalized spacial score (nSPS) is 11.0. The number of imidazole rings is 1. The average molecular weight is 348 g/mol. The lowest BCUT2D eigenvalue weighted by atomic mass is 10.1. The Morgan fingerprint density at radius 2 is 2.15 bits per heavy atom. The molecular formula is C19H16N4O3. The second-order valence-corrected chi connectivity index (χ2v) is 5.69. The smallest absolute Gasteiger partial charge is 0.347 e. The molecule has 0 saturated carbocycles. The van der Waals surface area contributed by atoms with Gasteiger partial charge >= 0.3 is 5.63 Å². The van der Waals surface area contributed by atoms with Gasteiger partial charge in [0.05, 0.1) is 23.6 Å². The fourth-order valence-electron chi connectivity index (χ4n) is 2.92. The summed E-state index contributed by atoms with van der Waals surface area (Å²) < 4.78 is 12.6. The van der Waals surface area contributed by atoms with Gasteiger partial charge in [-0.1, -0.05) is 6.92 Å². The van der Waals surface area contributed by atoms with Crippen molar-refractivity contribution in [3.05, 3.63) is 65.2 Å². The summed E-state index contributed by atoms with van der Waals surface area (Å²) in [6.45, 7) is 1.97. The van der Waals surface area contributed by atoms with Crippen molar-refractivity contribution in [3.63, 3.8) is 0 Å². The molecule has 7 heteroatoms. The third-order valence-corrected chi connectivity index (χ3v) is 4.17. The van der Waals surface area contributed by atoms with Gasteiger partial charge in [-0.25, -0.2) is 19.7 Å². The lowest BCUT2D eigenvalue weighted by Gasteiger charge is -2.10. The monoisotopic (exact) mass is 348 g/mol. The first-order valence-electron chi connectivity index (χ1n) is 8.16. The average Bonchev–Trinajstić information content (AvgIpc) is 3.21. The Bertz CT molecular complexity index is 1130. The zero-order chi connectivity index (χ0) is 18.1. The van der Waals surface area contributed by atoms with Crippen molar-refractivity contribution in [3.8, 4) is 23.0 Å². The van der Waals surface area contributed by atoms with Crippen LogP contribution in [0.5, 0.6) is 5.75 Å². The molecular weight excluding hydrogens is 332 g/mol. The third-order valence-electron chi connectivity index (χ3n) is 4.17. The molecule has 0 spiro atoms. The first kappa shape index (κ1) is 16.0. The number of hydrogen-bond acceptors (Lipinski definition) is 6. The first-order chi connectivity index (χ1) is 12.7. The predicted molar refractivity (Wildman–Crippen MR) is 96.6 cm³/mol. The largest absolute Gasteiger partial charge is 0.497 e. The number of hydrogen-bond donors (Lipinski definition) is 0. The minimum atomic E-state index is -0.426. The molecule has 1 aromatic carbocycles. The summed E-state index contributed by atoms with van der Waals surface area (Å²) in [6, 6.07) is 7.15. The molecule has 0 bridgehead atoms. The molecule has 0 aliphatic carbocycles. The summed E-state index contributed by atoms with van der Waals surface area (Å²) in [7, 11) is 1.59. The summed E-state index contributed by atoms with van der Waals surface area (Å²) in [5.74, 6) is 1.44. The van der Waals surface area contributed by atoms with Crippen molar-refractivity contribution < 1.29 is 9.15 Å². The van der Waals surface area contributed by atoms with Gasteiger partial charge in [-0.05, 0) is 30.2 Å². The Hall–Kier alpha value is -3.48. The summed E-state index contributed by atoms with van der Waals surface area (Å²) in [5, 5.41) is 0.477. The van der Waals surface area contributed by atoms with E-state index in [1.54, 1.807) is 54.8 Å². The van der Waals surface area contributed by atoms with E-state index in [1.165, 1.54) is 0 Å². The highest BCUT2D eigenvalue weighted by atomic mass is 16.5. The van der Waals surface area contributed by atoms with Crippen molar-refractivity contribution in [2.75, 3.05) is 7.11 Å². The molecule has 130 valence electrons. The molecule has 0 amide bonds. The highest BCUT2D eigenvalue weighted by Gasteiger charge is 2.16. The standard InChI is InChI=1S/C19H16N4O3/c1-3-12-9-13(25-2)10-15-16(12)19(24)26-18(22-15)14-5-4-6-21-17(14)23-8-7-20-11-23/h4-11H,3H2,1-2H3. The van der Waals surface area contributed by atoms with Gasteiger partial charge in [0, 0.05) is 24.7 Å². The van der Waals surface area contributed by atoms with Crippen LogP contribution in [-0.4, -0.2) is 26.6 Å². The van der Waals surface area contributed by atoms with Gasteiger partial charge in [0.15, 0.2) is 5.82 Å². The Labute approximate surface area is 148 Å². The molecule has 4 rings (SSSR count). The van der Waals surface area contributed by atoms with E-state index >= 15 is 0 Å². The number of methoxy groups -OCH3 is 1. The van der Waals surface area contributed by atoms with Crippen LogP contribution in [0.4, 0.5) is 0 Å². The second-order valence-electron chi connectivity index (χ2n) is 5.69. The van der Waals surface area contributed by atoms with Gasteiger partial charge in [0.2, 0.25) is 5.89 Å². The van der Waals surface area contributed by atoms with Crippen LogP contribution in [0.1, 0.15) is 12.5 Å². The van der Waals surface area contributed by atoms with Crippen LogP contribution in [0.25, 0.3) is 28.2 Å². The number of aryl methyl sites for hydroxylation is 1. The number of fused-ring (bicyclic) bond motifs is 1. The molecule has 0 aliphatic rings. The summed E-state index contributed by atoms with van der Waals surface area (Å²) >= 11 is 0. The Morgan fingerprint density at radius 3 is 2.88 bits per heavy atom. The van der Waals surface area contributed by atoms with E-state index < -0.39 is 5.63 Å². The fraction of sp³-hybridized carbons (Fsp3) is 0.158. The number of rotatable bonds is 4. The first-order valence-corrected chi connectivity index (χ1v) is 8.16. The number of aromatic nitrogens is 4. The highest BCUT2D eigenvalue weighted by molar-refractivity contribution is 5.84. The molecule has 4 aromatic rings. The van der Waals surface area contributed by atoms with Crippen LogP contribution in [0.2, 0.25) is 0 Å². The molecule has 0 unspecified atom stereocenters. The number of benzene rings is 1. The predicted octanol–water partition coefficient (Wildman–Crippen LogP) is 3.01. The van der Waals surface area contributed by atoms with Crippen LogP contribution in [0.15, 0.2) is 58.4 Å². The van der Waals surface area contributed by atoms with Gasteiger partial charge in [-0.2, -0.15) is 0 Å². The molecule has 0 radical (unpaired) electrons. The van der Waals surface area contributed by atoms with Crippen LogP contribution in [0, 0.1) is 0 Å². The van der Waals surface area contributed by atoms with Crippen molar-refractivity contribution in [1.29, 1.82) is 0 Å². The maximum absolute atomic E-state index is 12.7. The van der Waals surface area contributed by atoms with Crippen LogP contribution < -0.4 is 10.4 Å². The molecule has 3 aromatic heterocycles. The number of nitrogens with zero attached hydrogens (tertiary/aromatic N) is 4. The van der Waals surface area contributed by atoms with Gasteiger partial charge in [-0.3, -0.25) is 4.57 Å². The van der Waals surface area contributed by atoms with Crippen LogP contribution in [-0.2, 0) is 6.42 Å². The SMILES string of the molecule is CCc1cc(OC)cc2nc(-c3cccnc3-n3ccnc3)oc(=O)c12. The second kappa shape index (κ2) is 6.44. The quantitative estimate of drug-likeness (QED) is 0.564. The van der Waals surface area contributed by atoms with Crippen molar-refractivity contribution in [2.24, 2.45) is 0 Å². The van der Waals surface area contributed by atoms with Gasteiger partial charge in [0.1, 0.15) is 12.1 Å². The molecule has 3 heterocycles. The Balaban J connectivity index is 1.99. The molecule has 0 fully saturated rings. The van der Waals surface area contributed by atoms with Crippen molar-refractivity contribution >= 4 is 10.9 Å². The van der Waals surface area contributed by atoms with E-state index in [0.29, 0.717) is 34.5 Å². The fourth-order valence-corrected chi connectivity index (χ4v) is 2.92. The zero-order valence-electron chi connectivity index (χ0n) is 14.3. The highest BCUT2D eigenvalue weighted by Crippen LogP contribution is 2.27. The molecule has 7 nitrogen and oxygen atoms in total. The van der Waals surface area contributed by atoms with Crippen LogP contribution >= 0.6 is 0 Å². The van der Waals surface area contributed by atoms with E-state index in [4.69, 9.17) is 9.15 Å². The Kier molecular flexibility index (Phi) is 3.96. The molecule has 0 N–H and O–H groups in total. The number of pyridine rings is 1. The Morgan fingerprint density at radius 1 is 1.27 bits per heavy atom. The minimum Gasteiger partial charge on any atom is -0.497 e. The zero-order valence-corrected chi connectivity index (χ0v) is 14.3. The van der Waals surface area contributed by atoms with E-state index in [2.05, 4.69) is 15.0 Å².